The molecule has 19 heavy (non-hydrogen) atoms. The van der Waals surface area contributed by atoms with Crippen molar-refractivity contribution in [3.8, 4) is 0 Å². The van der Waals surface area contributed by atoms with Crippen LogP contribution in [0.15, 0.2) is 6.07 Å². The van der Waals surface area contributed by atoms with Crippen LogP contribution in [-0.4, -0.2) is 26.9 Å². The summed E-state index contributed by atoms with van der Waals surface area (Å²) in [5, 5.41) is 16.6. The Labute approximate surface area is 115 Å². The summed E-state index contributed by atoms with van der Waals surface area (Å²) in [5.41, 5.74) is 0.564. The highest BCUT2D eigenvalue weighted by Gasteiger charge is 2.26. The largest absolute Gasteiger partial charge is 0.384 e. The summed E-state index contributed by atoms with van der Waals surface area (Å²) in [6, 6.07) is 1.87. The maximum Gasteiger partial charge on any atom is 0.254 e. The summed E-state index contributed by atoms with van der Waals surface area (Å²) in [5.74, 6) is 0.189. The first-order valence-corrected chi connectivity index (χ1v) is 6.53. The number of rotatable bonds is 2. The molecule has 0 saturated carbocycles. The molecular weight excluding hydrogens is 242 g/mol. The second kappa shape index (κ2) is 4.96. The average Bonchev–Trinajstić information content (AvgIpc) is 2.60. The Morgan fingerprint density at radius 2 is 1.84 bits per heavy atom. The lowest BCUT2D eigenvalue weighted by Gasteiger charge is -2.23. The number of nitrogens with zero attached hydrogens (tertiary/aromatic N) is 2. The molecule has 0 aromatic carbocycles. The van der Waals surface area contributed by atoms with Crippen molar-refractivity contribution >= 4 is 11.7 Å². The molecular formula is C14H25N3O2. The van der Waals surface area contributed by atoms with Crippen molar-refractivity contribution in [1.29, 1.82) is 0 Å². The van der Waals surface area contributed by atoms with Crippen LogP contribution < -0.4 is 5.32 Å². The minimum Gasteiger partial charge on any atom is -0.384 e. The number of anilines is 1. The van der Waals surface area contributed by atoms with Crippen molar-refractivity contribution in [2.45, 2.75) is 65.5 Å². The van der Waals surface area contributed by atoms with E-state index in [0.717, 1.165) is 5.69 Å². The van der Waals surface area contributed by atoms with E-state index in [1.165, 1.54) is 6.92 Å². The molecule has 0 radical (unpaired) electrons. The topological polar surface area (TPSA) is 67.2 Å². The van der Waals surface area contributed by atoms with E-state index in [1.807, 2.05) is 26.8 Å². The van der Waals surface area contributed by atoms with Crippen molar-refractivity contribution in [3.63, 3.8) is 0 Å². The molecule has 1 heterocycles. The molecule has 1 unspecified atom stereocenters. The minimum absolute atomic E-state index is 0.0964. The number of carbonyl (C=O) groups excluding carboxylic acids is 1. The molecule has 0 fully saturated rings. The third-order valence-corrected chi connectivity index (χ3v) is 2.74. The van der Waals surface area contributed by atoms with E-state index < -0.39 is 12.0 Å². The number of hydrogen-bond acceptors (Lipinski definition) is 3. The van der Waals surface area contributed by atoms with Gasteiger partial charge in [-0.2, -0.15) is 5.10 Å². The Morgan fingerprint density at radius 1 is 1.32 bits per heavy atom. The normalized spacial score (nSPS) is 14.3. The van der Waals surface area contributed by atoms with Gasteiger partial charge in [0.05, 0.1) is 11.2 Å². The molecule has 0 bridgehead atoms. The molecule has 0 saturated heterocycles. The van der Waals surface area contributed by atoms with Crippen LogP contribution in [-0.2, 0) is 15.7 Å². The predicted octanol–water partition coefficient (Wildman–Crippen LogP) is 2.25. The van der Waals surface area contributed by atoms with Crippen LogP contribution in [0.25, 0.3) is 0 Å². The van der Waals surface area contributed by atoms with E-state index in [9.17, 15) is 9.90 Å². The molecule has 5 heteroatoms. The van der Waals surface area contributed by atoms with Gasteiger partial charge in [-0.1, -0.05) is 20.8 Å². The lowest BCUT2D eigenvalue weighted by atomic mass is 9.92. The van der Waals surface area contributed by atoms with Crippen molar-refractivity contribution in [3.05, 3.63) is 11.8 Å². The maximum absolute atomic E-state index is 11.6. The van der Waals surface area contributed by atoms with Crippen LogP contribution in [0.4, 0.5) is 5.82 Å². The second-order valence-corrected chi connectivity index (χ2v) is 6.91. The molecule has 1 aromatic rings. The van der Waals surface area contributed by atoms with Gasteiger partial charge in [0, 0.05) is 11.5 Å². The molecule has 5 nitrogen and oxygen atoms in total. The van der Waals surface area contributed by atoms with Gasteiger partial charge < -0.3 is 10.4 Å². The first-order valence-electron chi connectivity index (χ1n) is 6.53. The fourth-order valence-electron chi connectivity index (χ4n) is 1.58. The number of aromatic nitrogens is 2. The second-order valence-electron chi connectivity index (χ2n) is 6.91. The van der Waals surface area contributed by atoms with Crippen LogP contribution in [0, 0.1) is 0 Å². The molecule has 0 aliphatic heterocycles. The van der Waals surface area contributed by atoms with Gasteiger partial charge in [0.2, 0.25) is 0 Å². The van der Waals surface area contributed by atoms with Gasteiger partial charge >= 0.3 is 0 Å². The summed E-state index contributed by atoms with van der Waals surface area (Å²) in [6.45, 7) is 13.7. The van der Waals surface area contributed by atoms with Gasteiger partial charge in [-0.15, -0.1) is 0 Å². The quantitative estimate of drug-likeness (QED) is 0.863. The van der Waals surface area contributed by atoms with Gasteiger partial charge in [-0.05, 0) is 27.7 Å². The highest BCUT2D eigenvalue weighted by Crippen LogP contribution is 2.28. The zero-order chi connectivity index (χ0) is 15.0. The monoisotopic (exact) mass is 267 g/mol. The van der Waals surface area contributed by atoms with Crippen LogP contribution in [0.5, 0.6) is 0 Å². The Morgan fingerprint density at radius 3 is 2.21 bits per heavy atom. The molecule has 2 N–H and O–H groups in total. The number of nitrogens with one attached hydrogen (secondary N) is 1. The van der Waals surface area contributed by atoms with E-state index in [-0.39, 0.29) is 11.0 Å². The summed E-state index contributed by atoms with van der Waals surface area (Å²) in [7, 11) is 0. The molecule has 108 valence electrons. The van der Waals surface area contributed by atoms with E-state index in [2.05, 4.69) is 31.2 Å². The first kappa shape index (κ1) is 15.7. The van der Waals surface area contributed by atoms with Gasteiger partial charge in [0.15, 0.2) is 0 Å². The summed E-state index contributed by atoms with van der Waals surface area (Å²) >= 11 is 0. The zero-order valence-corrected chi connectivity index (χ0v) is 12.9. The zero-order valence-electron chi connectivity index (χ0n) is 12.9. The maximum atomic E-state index is 11.6. The number of hydrogen-bond donors (Lipinski definition) is 2. The molecule has 0 aliphatic carbocycles. The number of carbonyl (C=O) groups is 1. The number of aliphatic hydroxyl groups is 1. The summed E-state index contributed by atoms with van der Waals surface area (Å²) < 4.78 is 1.79. The fourth-order valence-corrected chi connectivity index (χ4v) is 1.58. The first-order chi connectivity index (χ1) is 8.43. The van der Waals surface area contributed by atoms with Gasteiger partial charge in [0.1, 0.15) is 11.9 Å². The number of amides is 1. The minimum atomic E-state index is -1.04. The van der Waals surface area contributed by atoms with Crippen LogP contribution in [0.1, 0.15) is 54.2 Å². The third kappa shape index (κ3) is 3.80. The summed E-state index contributed by atoms with van der Waals surface area (Å²) in [6.07, 6.45) is -1.04. The van der Waals surface area contributed by atoms with Crippen molar-refractivity contribution in [2.75, 3.05) is 5.32 Å². The SMILES string of the molecule is CC(O)C(=O)Nc1cc(C(C)(C)C)nn1C(C)(C)C. The lowest BCUT2D eigenvalue weighted by Crippen LogP contribution is -2.30. The standard InChI is InChI=1S/C14H25N3O2/c1-9(18)12(19)15-11-8-10(13(2,3)4)16-17(11)14(5,6)7/h8-9,18H,1-7H3,(H,15,19). The highest BCUT2D eigenvalue weighted by atomic mass is 16.3. The molecule has 1 aromatic heterocycles. The van der Waals surface area contributed by atoms with Crippen molar-refractivity contribution in [2.24, 2.45) is 0 Å². The summed E-state index contributed by atoms with van der Waals surface area (Å²) in [4.78, 5) is 11.6. The lowest BCUT2D eigenvalue weighted by molar-refractivity contribution is -0.123. The van der Waals surface area contributed by atoms with Gasteiger partial charge in [-0.25, -0.2) is 4.68 Å². The average molecular weight is 267 g/mol. The number of aliphatic hydroxyl groups excluding tert-OH is 1. The van der Waals surface area contributed by atoms with Crippen molar-refractivity contribution < 1.29 is 9.90 Å². The van der Waals surface area contributed by atoms with Gasteiger partial charge in [-0.3, -0.25) is 4.79 Å². The van der Waals surface area contributed by atoms with Crippen LogP contribution in [0.3, 0.4) is 0 Å². The Balaban J connectivity index is 3.22. The Hall–Kier alpha value is -1.36. The highest BCUT2D eigenvalue weighted by molar-refractivity contribution is 5.93. The smallest absolute Gasteiger partial charge is 0.254 e. The molecule has 0 spiro atoms. The Bertz CT molecular complexity index is 462. The molecule has 1 atom stereocenters. The molecule has 0 aliphatic rings. The predicted molar refractivity (Wildman–Crippen MR) is 76.2 cm³/mol. The van der Waals surface area contributed by atoms with E-state index in [1.54, 1.807) is 4.68 Å². The fraction of sp³-hybridized carbons (Fsp3) is 0.714. The van der Waals surface area contributed by atoms with Gasteiger partial charge in [0.25, 0.3) is 5.91 Å². The molecule has 1 rings (SSSR count). The van der Waals surface area contributed by atoms with E-state index in [4.69, 9.17) is 0 Å². The Kier molecular flexibility index (Phi) is 4.10. The van der Waals surface area contributed by atoms with Crippen LogP contribution >= 0.6 is 0 Å². The third-order valence-electron chi connectivity index (χ3n) is 2.74. The van der Waals surface area contributed by atoms with E-state index in [0.29, 0.717) is 5.82 Å². The van der Waals surface area contributed by atoms with Crippen molar-refractivity contribution in [1.82, 2.24) is 9.78 Å². The molecule has 1 amide bonds. The van der Waals surface area contributed by atoms with Crippen LogP contribution in [0.2, 0.25) is 0 Å². The van der Waals surface area contributed by atoms with E-state index >= 15 is 0 Å².